The Morgan fingerprint density at radius 1 is 0.882 bits per heavy atom. The van der Waals surface area contributed by atoms with E-state index in [0.717, 1.165) is 21.0 Å². The molecule has 0 bridgehead atoms. The monoisotopic (exact) mass is 518 g/mol. The number of aryl methyl sites for hydroxylation is 3. The smallest absolute Gasteiger partial charge is 0.243 e. The van der Waals surface area contributed by atoms with E-state index in [9.17, 15) is 13.2 Å². The molecule has 8 heteroatoms. The molecule has 0 aliphatic heterocycles. The van der Waals surface area contributed by atoms with Crippen molar-refractivity contribution < 1.29 is 13.2 Å². The van der Waals surface area contributed by atoms with E-state index in [1.165, 1.54) is 29.8 Å². The van der Waals surface area contributed by atoms with E-state index in [1.807, 2.05) is 27.7 Å². The molecule has 0 fully saturated rings. The molecule has 0 aliphatic rings. The number of rotatable bonds is 8. The number of amides is 1. The minimum atomic E-state index is -3.96. The zero-order valence-electron chi connectivity index (χ0n) is 19.6. The Kier molecular flexibility index (Phi) is 8.42. The normalized spacial score (nSPS) is 12.6. The zero-order chi connectivity index (χ0) is 25.0. The van der Waals surface area contributed by atoms with Crippen LogP contribution in [-0.2, 0) is 21.4 Å². The predicted octanol–water partition coefficient (Wildman–Crippen LogP) is 5.99. The molecular formula is C26H28Cl2N2O3S. The Balaban J connectivity index is 1.85. The maximum atomic E-state index is 13.4. The van der Waals surface area contributed by atoms with Crippen LogP contribution in [0.25, 0.3) is 0 Å². The highest BCUT2D eigenvalue weighted by molar-refractivity contribution is 7.89. The summed E-state index contributed by atoms with van der Waals surface area (Å²) < 4.78 is 28.0. The fourth-order valence-electron chi connectivity index (χ4n) is 3.75. The first-order valence-corrected chi connectivity index (χ1v) is 13.0. The van der Waals surface area contributed by atoms with Crippen LogP contribution in [0.1, 0.15) is 40.8 Å². The molecule has 34 heavy (non-hydrogen) atoms. The van der Waals surface area contributed by atoms with Crippen LogP contribution in [-0.4, -0.2) is 25.2 Å². The molecule has 1 N–H and O–H groups in total. The standard InChI is InChI=1S/C26H28Cl2N2O3S/c1-17-13-19(3)25(14-18(17)2)20(4)29-26(31)16-30(15-21-5-7-22(27)8-6-21)34(32,33)24-11-9-23(28)10-12-24/h5-14,20H,15-16H2,1-4H3,(H,29,31)/t20-/m1/s1. The van der Waals surface area contributed by atoms with Crippen LogP contribution < -0.4 is 5.32 Å². The summed E-state index contributed by atoms with van der Waals surface area (Å²) in [5, 5.41) is 3.93. The van der Waals surface area contributed by atoms with E-state index in [4.69, 9.17) is 23.2 Å². The molecule has 0 saturated heterocycles. The van der Waals surface area contributed by atoms with Crippen molar-refractivity contribution in [1.29, 1.82) is 0 Å². The van der Waals surface area contributed by atoms with Crippen molar-refractivity contribution >= 4 is 39.1 Å². The van der Waals surface area contributed by atoms with Gasteiger partial charge in [0.25, 0.3) is 0 Å². The number of nitrogens with one attached hydrogen (secondary N) is 1. The Morgan fingerprint density at radius 2 is 1.41 bits per heavy atom. The third kappa shape index (κ3) is 6.39. The number of hydrogen-bond acceptors (Lipinski definition) is 3. The van der Waals surface area contributed by atoms with Crippen LogP contribution in [0.3, 0.4) is 0 Å². The minimum Gasteiger partial charge on any atom is -0.348 e. The first kappa shape index (κ1) is 26.2. The van der Waals surface area contributed by atoms with Crippen LogP contribution in [0, 0.1) is 20.8 Å². The lowest BCUT2D eigenvalue weighted by Gasteiger charge is -2.24. The highest BCUT2D eigenvalue weighted by Crippen LogP contribution is 2.23. The third-order valence-electron chi connectivity index (χ3n) is 5.77. The molecule has 180 valence electrons. The molecule has 0 unspecified atom stereocenters. The second kappa shape index (κ2) is 10.9. The summed E-state index contributed by atoms with van der Waals surface area (Å²) in [7, 11) is -3.96. The van der Waals surface area contributed by atoms with Gasteiger partial charge in [0.05, 0.1) is 17.5 Å². The Morgan fingerprint density at radius 3 is 2.00 bits per heavy atom. The SMILES string of the molecule is Cc1cc(C)c([C@@H](C)NC(=O)CN(Cc2ccc(Cl)cc2)S(=O)(=O)c2ccc(Cl)cc2)cc1C. The Bertz CT molecular complexity index is 1270. The molecule has 5 nitrogen and oxygen atoms in total. The summed E-state index contributed by atoms with van der Waals surface area (Å²) in [4.78, 5) is 13.1. The van der Waals surface area contributed by atoms with Crippen molar-refractivity contribution in [3.8, 4) is 0 Å². The van der Waals surface area contributed by atoms with Gasteiger partial charge in [-0.15, -0.1) is 0 Å². The van der Waals surface area contributed by atoms with Crippen molar-refractivity contribution in [3.05, 3.63) is 98.5 Å². The summed E-state index contributed by atoms with van der Waals surface area (Å²) in [5.74, 6) is -0.392. The van der Waals surface area contributed by atoms with Gasteiger partial charge in [-0.25, -0.2) is 8.42 Å². The third-order valence-corrected chi connectivity index (χ3v) is 8.08. The average molecular weight is 519 g/mol. The van der Waals surface area contributed by atoms with Crippen LogP contribution in [0.5, 0.6) is 0 Å². The van der Waals surface area contributed by atoms with Crippen LogP contribution in [0.2, 0.25) is 10.0 Å². The Hall–Kier alpha value is -2.38. The molecule has 0 spiro atoms. The maximum absolute atomic E-state index is 13.4. The maximum Gasteiger partial charge on any atom is 0.243 e. The van der Waals surface area contributed by atoms with Crippen LogP contribution in [0.15, 0.2) is 65.6 Å². The van der Waals surface area contributed by atoms with E-state index in [0.29, 0.717) is 15.6 Å². The second-order valence-electron chi connectivity index (χ2n) is 8.44. The number of hydrogen-bond donors (Lipinski definition) is 1. The van der Waals surface area contributed by atoms with Gasteiger partial charge in [0.2, 0.25) is 15.9 Å². The van der Waals surface area contributed by atoms with E-state index in [2.05, 4.69) is 17.4 Å². The Labute approximate surface area is 211 Å². The minimum absolute atomic E-state index is 0.0204. The second-order valence-corrected chi connectivity index (χ2v) is 11.2. The van der Waals surface area contributed by atoms with Gasteiger partial charge in [0, 0.05) is 16.6 Å². The topological polar surface area (TPSA) is 66.5 Å². The lowest BCUT2D eigenvalue weighted by Crippen LogP contribution is -2.41. The number of benzene rings is 3. The number of carbonyl (C=O) groups is 1. The summed E-state index contributed by atoms with van der Waals surface area (Å²) in [6.45, 7) is 7.66. The van der Waals surface area contributed by atoms with Crippen molar-refractivity contribution in [2.45, 2.75) is 45.2 Å². The summed E-state index contributed by atoms with van der Waals surface area (Å²) in [5.41, 5.74) is 5.11. The number of nitrogens with zero attached hydrogens (tertiary/aromatic N) is 1. The lowest BCUT2D eigenvalue weighted by molar-refractivity contribution is -0.122. The largest absolute Gasteiger partial charge is 0.348 e. The highest BCUT2D eigenvalue weighted by atomic mass is 35.5. The lowest BCUT2D eigenvalue weighted by atomic mass is 9.96. The molecule has 3 rings (SSSR count). The first-order chi connectivity index (χ1) is 16.0. The fraction of sp³-hybridized carbons (Fsp3) is 0.269. The van der Waals surface area contributed by atoms with E-state index >= 15 is 0 Å². The van der Waals surface area contributed by atoms with Crippen LogP contribution >= 0.6 is 23.2 Å². The number of sulfonamides is 1. The van der Waals surface area contributed by atoms with Crippen molar-refractivity contribution in [2.75, 3.05) is 6.54 Å². The molecule has 0 aliphatic carbocycles. The van der Waals surface area contributed by atoms with E-state index < -0.39 is 15.9 Å². The van der Waals surface area contributed by atoms with Gasteiger partial charge in [0.15, 0.2) is 0 Å². The zero-order valence-corrected chi connectivity index (χ0v) is 21.9. The van der Waals surface area contributed by atoms with Gasteiger partial charge in [-0.05, 0) is 91.9 Å². The summed E-state index contributed by atoms with van der Waals surface area (Å²) >= 11 is 11.9. The van der Waals surface area contributed by atoms with Gasteiger partial charge < -0.3 is 5.32 Å². The molecule has 1 amide bonds. The van der Waals surface area contributed by atoms with Gasteiger partial charge >= 0.3 is 0 Å². The molecule has 0 radical (unpaired) electrons. The van der Waals surface area contributed by atoms with Crippen molar-refractivity contribution in [3.63, 3.8) is 0 Å². The average Bonchev–Trinajstić information content (AvgIpc) is 2.77. The molecule has 0 saturated carbocycles. The molecule has 1 atom stereocenters. The van der Waals surface area contributed by atoms with Gasteiger partial charge in [-0.2, -0.15) is 4.31 Å². The van der Waals surface area contributed by atoms with Gasteiger partial charge in [-0.1, -0.05) is 47.5 Å². The van der Waals surface area contributed by atoms with Gasteiger partial charge in [-0.3, -0.25) is 4.79 Å². The molecule has 3 aromatic rings. The van der Waals surface area contributed by atoms with Crippen LogP contribution in [0.4, 0.5) is 0 Å². The van der Waals surface area contributed by atoms with E-state index in [-0.39, 0.29) is 24.0 Å². The summed E-state index contributed by atoms with van der Waals surface area (Å²) in [6.07, 6.45) is 0. The van der Waals surface area contributed by atoms with Crippen molar-refractivity contribution in [1.82, 2.24) is 9.62 Å². The van der Waals surface area contributed by atoms with E-state index in [1.54, 1.807) is 24.3 Å². The number of halogens is 2. The number of carbonyl (C=O) groups excluding carboxylic acids is 1. The molecule has 0 aromatic heterocycles. The predicted molar refractivity (Wildman–Crippen MR) is 138 cm³/mol. The molecular weight excluding hydrogens is 491 g/mol. The fourth-order valence-corrected chi connectivity index (χ4v) is 5.39. The molecule has 0 heterocycles. The van der Waals surface area contributed by atoms with Crippen molar-refractivity contribution in [2.24, 2.45) is 0 Å². The molecule has 3 aromatic carbocycles. The quantitative estimate of drug-likeness (QED) is 0.398. The first-order valence-electron chi connectivity index (χ1n) is 10.8. The highest BCUT2D eigenvalue weighted by Gasteiger charge is 2.27. The summed E-state index contributed by atoms with van der Waals surface area (Å²) in [6, 6.07) is 16.6. The van der Waals surface area contributed by atoms with Gasteiger partial charge in [0.1, 0.15) is 0 Å².